The van der Waals surface area contributed by atoms with E-state index >= 15 is 0 Å². The molecule has 126 valence electrons. The Morgan fingerprint density at radius 2 is 1.92 bits per heavy atom. The molecule has 2 aromatic carbocycles. The van der Waals surface area contributed by atoms with Crippen LogP contribution in [0.5, 0.6) is 0 Å². The Bertz CT molecular complexity index is 706. The van der Waals surface area contributed by atoms with Crippen molar-refractivity contribution >= 4 is 29.1 Å². The van der Waals surface area contributed by atoms with Crippen LogP contribution in [-0.2, 0) is 11.3 Å². The normalized spacial score (nSPS) is 17.8. The van der Waals surface area contributed by atoms with Crippen molar-refractivity contribution < 1.29 is 9.53 Å². The quantitative estimate of drug-likeness (QED) is 0.779. The van der Waals surface area contributed by atoms with Gasteiger partial charge in [0.25, 0.3) is 5.91 Å². The summed E-state index contributed by atoms with van der Waals surface area (Å²) in [5, 5.41) is 0.854. The maximum atomic E-state index is 12.7. The summed E-state index contributed by atoms with van der Waals surface area (Å²) in [6.07, 6.45) is 1.97. The minimum absolute atomic E-state index is 0.0263. The van der Waals surface area contributed by atoms with Gasteiger partial charge in [-0.15, -0.1) is 0 Å². The van der Waals surface area contributed by atoms with Crippen molar-refractivity contribution in [2.75, 3.05) is 13.1 Å². The van der Waals surface area contributed by atoms with E-state index in [1.165, 1.54) is 0 Å². The number of hydrogen-bond donors (Lipinski definition) is 0. The van der Waals surface area contributed by atoms with Crippen molar-refractivity contribution in [1.82, 2.24) is 4.90 Å². The summed E-state index contributed by atoms with van der Waals surface area (Å²) in [5.41, 5.74) is 1.71. The number of ether oxygens (including phenoxy) is 1. The SMILES string of the molecule is O=C(c1ccc(Cl)c(Cl)c1)N1CCCC(OCc2ccccc2)C1. The molecule has 1 atom stereocenters. The Kier molecular flexibility index (Phi) is 5.77. The van der Waals surface area contributed by atoms with Gasteiger partial charge < -0.3 is 9.64 Å². The van der Waals surface area contributed by atoms with Gasteiger partial charge in [0, 0.05) is 18.7 Å². The summed E-state index contributed by atoms with van der Waals surface area (Å²) in [6, 6.07) is 15.1. The van der Waals surface area contributed by atoms with Crippen molar-refractivity contribution in [3.8, 4) is 0 Å². The summed E-state index contributed by atoms with van der Waals surface area (Å²) in [7, 11) is 0. The molecule has 0 aromatic heterocycles. The highest BCUT2D eigenvalue weighted by Crippen LogP contribution is 2.24. The van der Waals surface area contributed by atoms with Crippen LogP contribution in [0.1, 0.15) is 28.8 Å². The van der Waals surface area contributed by atoms with Crippen molar-refractivity contribution in [2.24, 2.45) is 0 Å². The molecule has 1 aliphatic heterocycles. The second-order valence-electron chi connectivity index (χ2n) is 5.94. The molecule has 0 aliphatic carbocycles. The smallest absolute Gasteiger partial charge is 0.253 e. The Morgan fingerprint density at radius 3 is 2.67 bits per heavy atom. The van der Waals surface area contributed by atoms with Gasteiger partial charge in [-0.2, -0.15) is 0 Å². The second kappa shape index (κ2) is 8.02. The van der Waals surface area contributed by atoms with E-state index in [4.69, 9.17) is 27.9 Å². The molecule has 1 aliphatic rings. The molecule has 24 heavy (non-hydrogen) atoms. The molecule has 5 heteroatoms. The largest absolute Gasteiger partial charge is 0.372 e. The fourth-order valence-electron chi connectivity index (χ4n) is 2.86. The van der Waals surface area contributed by atoms with Crippen LogP contribution in [0.3, 0.4) is 0 Å². The Balaban J connectivity index is 1.60. The fraction of sp³-hybridized carbons (Fsp3) is 0.316. The monoisotopic (exact) mass is 363 g/mol. The van der Waals surface area contributed by atoms with Gasteiger partial charge in [-0.25, -0.2) is 0 Å². The molecular weight excluding hydrogens is 345 g/mol. The summed E-state index contributed by atoms with van der Waals surface area (Å²) >= 11 is 11.9. The number of carbonyl (C=O) groups excluding carboxylic acids is 1. The number of hydrogen-bond acceptors (Lipinski definition) is 2. The molecule has 3 nitrogen and oxygen atoms in total. The van der Waals surface area contributed by atoms with Crippen molar-refractivity contribution in [2.45, 2.75) is 25.6 Å². The van der Waals surface area contributed by atoms with E-state index < -0.39 is 0 Å². The third-order valence-corrected chi connectivity index (χ3v) is 4.90. The highest BCUT2D eigenvalue weighted by Gasteiger charge is 2.25. The van der Waals surface area contributed by atoms with Crippen LogP contribution >= 0.6 is 23.2 Å². The van der Waals surface area contributed by atoms with E-state index in [9.17, 15) is 4.79 Å². The Hall–Kier alpha value is -1.55. The zero-order valence-corrected chi connectivity index (χ0v) is 14.8. The number of amides is 1. The molecule has 1 unspecified atom stereocenters. The third kappa shape index (κ3) is 4.29. The zero-order valence-electron chi connectivity index (χ0n) is 13.3. The standard InChI is InChI=1S/C19H19Cl2NO2/c20-17-9-8-15(11-18(17)21)19(23)22-10-4-7-16(12-22)24-13-14-5-2-1-3-6-14/h1-3,5-6,8-9,11,16H,4,7,10,12-13H2. The van der Waals surface area contributed by atoms with Gasteiger partial charge in [0.1, 0.15) is 0 Å². The summed E-state index contributed by atoms with van der Waals surface area (Å²) in [4.78, 5) is 14.5. The Labute approximate surface area is 152 Å². The third-order valence-electron chi connectivity index (χ3n) is 4.16. The van der Waals surface area contributed by atoms with E-state index in [0.717, 1.165) is 24.9 Å². The van der Waals surface area contributed by atoms with Crippen LogP contribution in [0.25, 0.3) is 0 Å². The fourth-order valence-corrected chi connectivity index (χ4v) is 3.16. The van der Waals surface area contributed by atoms with Gasteiger partial charge >= 0.3 is 0 Å². The van der Waals surface area contributed by atoms with Crippen LogP contribution in [-0.4, -0.2) is 30.0 Å². The minimum atomic E-state index is -0.0263. The lowest BCUT2D eigenvalue weighted by Gasteiger charge is -2.32. The van der Waals surface area contributed by atoms with Crippen molar-refractivity contribution in [1.29, 1.82) is 0 Å². The summed E-state index contributed by atoms with van der Waals surface area (Å²) < 4.78 is 5.99. The van der Waals surface area contributed by atoms with Gasteiger partial charge in [-0.05, 0) is 36.6 Å². The molecule has 0 bridgehead atoms. The average Bonchev–Trinajstić information content (AvgIpc) is 2.63. The first-order chi connectivity index (χ1) is 11.6. The van der Waals surface area contributed by atoms with Crippen LogP contribution in [0.15, 0.2) is 48.5 Å². The molecule has 1 fully saturated rings. The average molecular weight is 364 g/mol. The highest BCUT2D eigenvalue weighted by molar-refractivity contribution is 6.42. The van der Waals surface area contributed by atoms with Gasteiger partial charge in [0.05, 0.1) is 22.8 Å². The maximum Gasteiger partial charge on any atom is 0.253 e. The van der Waals surface area contributed by atoms with Crippen molar-refractivity contribution in [3.05, 3.63) is 69.7 Å². The van der Waals surface area contributed by atoms with Crippen molar-refractivity contribution in [3.63, 3.8) is 0 Å². The lowest BCUT2D eigenvalue weighted by molar-refractivity contribution is -0.00672. The van der Waals surface area contributed by atoms with Gasteiger partial charge in [-0.1, -0.05) is 53.5 Å². The second-order valence-corrected chi connectivity index (χ2v) is 6.76. The van der Waals surface area contributed by atoms with Gasteiger partial charge in [-0.3, -0.25) is 4.79 Å². The van der Waals surface area contributed by atoms with Crippen LogP contribution < -0.4 is 0 Å². The number of piperidine rings is 1. The van der Waals surface area contributed by atoms with Crippen LogP contribution in [0.2, 0.25) is 10.0 Å². The number of benzene rings is 2. The van der Waals surface area contributed by atoms with E-state index in [1.54, 1.807) is 18.2 Å². The minimum Gasteiger partial charge on any atom is -0.372 e. The molecule has 0 radical (unpaired) electrons. The van der Waals surface area contributed by atoms with E-state index in [1.807, 2.05) is 35.2 Å². The van der Waals surface area contributed by atoms with E-state index in [2.05, 4.69) is 0 Å². The highest BCUT2D eigenvalue weighted by atomic mass is 35.5. The van der Waals surface area contributed by atoms with Gasteiger partial charge in [0.2, 0.25) is 0 Å². The van der Waals surface area contributed by atoms with Gasteiger partial charge in [0.15, 0.2) is 0 Å². The number of nitrogens with zero attached hydrogens (tertiary/aromatic N) is 1. The Morgan fingerprint density at radius 1 is 1.12 bits per heavy atom. The van der Waals surface area contributed by atoms with E-state index in [0.29, 0.717) is 28.8 Å². The molecule has 2 aromatic rings. The number of rotatable bonds is 4. The van der Waals surface area contributed by atoms with Crippen LogP contribution in [0, 0.1) is 0 Å². The first-order valence-electron chi connectivity index (χ1n) is 8.03. The number of halogens is 2. The molecule has 3 rings (SSSR count). The lowest BCUT2D eigenvalue weighted by atomic mass is 10.1. The molecule has 0 N–H and O–H groups in total. The summed E-state index contributed by atoms with van der Waals surface area (Å²) in [5.74, 6) is -0.0263. The van der Waals surface area contributed by atoms with Crippen LogP contribution in [0.4, 0.5) is 0 Å². The first-order valence-corrected chi connectivity index (χ1v) is 8.79. The van der Waals surface area contributed by atoms with E-state index in [-0.39, 0.29) is 12.0 Å². The molecule has 0 spiro atoms. The molecule has 1 heterocycles. The predicted molar refractivity (Wildman–Crippen MR) is 96.6 cm³/mol. The predicted octanol–water partition coefficient (Wildman–Crippen LogP) is 4.81. The number of likely N-dealkylation sites (tertiary alicyclic amines) is 1. The maximum absolute atomic E-state index is 12.7. The molecule has 1 amide bonds. The first kappa shape index (κ1) is 17.3. The summed E-state index contributed by atoms with van der Waals surface area (Å²) in [6.45, 7) is 1.91. The zero-order chi connectivity index (χ0) is 16.9. The molecule has 0 saturated carbocycles. The number of carbonyl (C=O) groups is 1. The lowest BCUT2D eigenvalue weighted by Crippen LogP contribution is -2.43. The molecular formula is C19H19Cl2NO2. The topological polar surface area (TPSA) is 29.5 Å². The molecule has 1 saturated heterocycles.